The van der Waals surface area contributed by atoms with Crippen molar-refractivity contribution in [2.45, 2.75) is 53.5 Å². The first-order chi connectivity index (χ1) is 12.5. The van der Waals surface area contributed by atoms with Crippen LogP contribution in [0.15, 0.2) is 36.0 Å². The quantitative estimate of drug-likeness (QED) is 0.429. The number of carbonyl (C=O) groups excluding carboxylic acids is 2. The maximum Gasteiger partial charge on any atom is 0.340 e. The van der Waals surface area contributed by atoms with Gasteiger partial charge in [0.15, 0.2) is 0 Å². The third-order valence-corrected chi connectivity index (χ3v) is 3.62. The summed E-state index contributed by atoms with van der Waals surface area (Å²) in [5, 5.41) is 15.1. The van der Waals surface area contributed by atoms with Crippen molar-refractivity contribution < 1.29 is 14.3 Å². The van der Waals surface area contributed by atoms with Crippen LogP contribution < -0.4 is 10.6 Å². The zero-order valence-corrected chi connectivity index (χ0v) is 17.0. The van der Waals surface area contributed by atoms with Crippen LogP contribution in [0.4, 0.5) is 5.69 Å². The molecular weight excluding hydrogens is 342 g/mol. The molecular formula is C21H29N3O3. The monoisotopic (exact) mass is 371 g/mol. The molecule has 0 aliphatic rings. The van der Waals surface area contributed by atoms with Crippen molar-refractivity contribution >= 4 is 17.6 Å². The Morgan fingerprint density at radius 2 is 1.81 bits per heavy atom. The molecule has 146 valence electrons. The van der Waals surface area contributed by atoms with Gasteiger partial charge in [0.2, 0.25) is 0 Å². The minimum absolute atomic E-state index is 0.0735. The summed E-state index contributed by atoms with van der Waals surface area (Å²) in [6.45, 7) is 12.4. The van der Waals surface area contributed by atoms with E-state index in [-0.39, 0.29) is 28.7 Å². The predicted octanol–water partition coefficient (Wildman–Crippen LogP) is 4.01. The summed E-state index contributed by atoms with van der Waals surface area (Å²) >= 11 is 0. The third kappa shape index (κ3) is 7.53. The lowest BCUT2D eigenvalue weighted by Crippen LogP contribution is -2.39. The fourth-order valence-corrected chi connectivity index (χ4v) is 2.96. The summed E-state index contributed by atoms with van der Waals surface area (Å²) in [5.41, 5.74) is 0.277. The molecule has 1 rings (SSSR count). The summed E-state index contributed by atoms with van der Waals surface area (Å²) in [5.74, 6) is -1.12. The van der Waals surface area contributed by atoms with E-state index in [4.69, 9.17) is 4.74 Å². The van der Waals surface area contributed by atoms with Crippen molar-refractivity contribution in [3.63, 3.8) is 0 Å². The Labute approximate surface area is 161 Å². The molecule has 0 radical (unpaired) electrons. The minimum atomic E-state index is -0.590. The molecule has 0 unspecified atom stereocenters. The number of nitriles is 1. The molecule has 1 aromatic carbocycles. The number of carbonyl (C=O) groups is 2. The molecule has 1 aromatic rings. The van der Waals surface area contributed by atoms with Gasteiger partial charge in [0.1, 0.15) is 11.6 Å². The summed E-state index contributed by atoms with van der Waals surface area (Å²) in [6, 6.07) is 8.43. The summed E-state index contributed by atoms with van der Waals surface area (Å²) in [7, 11) is 0. The van der Waals surface area contributed by atoms with Crippen LogP contribution in [0, 0.1) is 16.7 Å². The molecule has 2 N–H and O–H groups in total. The zero-order chi connectivity index (χ0) is 20.7. The first-order valence-electron chi connectivity index (χ1n) is 8.94. The molecule has 0 heterocycles. The SMILES string of the molecule is CCOC(=O)c1ccccc1NC(=O)/C(C#N)=C\NC(C)(C)CC(C)(C)C. The van der Waals surface area contributed by atoms with E-state index in [9.17, 15) is 14.9 Å². The maximum atomic E-state index is 12.5. The van der Waals surface area contributed by atoms with Gasteiger partial charge in [0, 0.05) is 11.7 Å². The van der Waals surface area contributed by atoms with Crippen LogP contribution in [0.2, 0.25) is 0 Å². The Balaban J connectivity index is 2.95. The highest BCUT2D eigenvalue weighted by Crippen LogP contribution is 2.27. The van der Waals surface area contributed by atoms with E-state index in [1.165, 1.54) is 6.20 Å². The Kier molecular flexibility index (Phi) is 7.59. The maximum absolute atomic E-state index is 12.5. The second-order valence-corrected chi connectivity index (χ2v) is 8.16. The van der Waals surface area contributed by atoms with E-state index in [2.05, 4.69) is 31.4 Å². The highest BCUT2D eigenvalue weighted by atomic mass is 16.5. The molecule has 0 aliphatic carbocycles. The van der Waals surface area contributed by atoms with Crippen LogP contribution in [0.1, 0.15) is 58.3 Å². The Hall–Kier alpha value is -2.81. The molecule has 0 aromatic heterocycles. The number of nitrogens with zero attached hydrogens (tertiary/aromatic N) is 1. The van der Waals surface area contributed by atoms with Gasteiger partial charge in [-0.3, -0.25) is 4.79 Å². The van der Waals surface area contributed by atoms with Crippen LogP contribution in [0.3, 0.4) is 0 Å². The molecule has 0 spiro atoms. The summed E-state index contributed by atoms with van der Waals surface area (Å²) in [6.07, 6.45) is 2.27. The number of benzene rings is 1. The van der Waals surface area contributed by atoms with E-state index in [0.29, 0.717) is 5.69 Å². The van der Waals surface area contributed by atoms with Gasteiger partial charge in [0.05, 0.1) is 17.9 Å². The predicted molar refractivity (Wildman–Crippen MR) is 106 cm³/mol. The first kappa shape index (κ1) is 22.2. The van der Waals surface area contributed by atoms with Crippen molar-refractivity contribution in [1.82, 2.24) is 5.32 Å². The van der Waals surface area contributed by atoms with Gasteiger partial charge in [-0.15, -0.1) is 0 Å². The van der Waals surface area contributed by atoms with Gasteiger partial charge >= 0.3 is 5.97 Å². The van der Waals surface area contributed by atoms with Crippen molar-refractivity contribution in [3.8, 4) is 6.07 Å². The molecule has 0 aliphatic heterocycles. The third-order valence-electron chi connectivity index (χ3n) is 3.62. The fraction of sp³-hybridized carbons (Fsp3) is 0.476. The summed E-state index contributed by atoms with van der Waals surface area (Å²) in [4.78, 5) is 24.5. The fourth-order valence-electron chi connectivity index (χ4n) is 2.96. The lowest BCUT2D eigenvalue weighted by Gasteiger charge is -2.33. The topological polar surface area (TPSA) is 91.2 Å². The van der Waals surface area contributed by atoms with Gasteiger partial charge < -0.3 is 15.4 Å². The van der Waals surface area contributed by atoms with Gasteiger partial charge in [-0.2, -0.15) is 5.26 Å². The van der Waals surface area contributed by atoms with Crippen LogP contribution >= 0.6 is 0 Å². The average molecular weight is 371 g/mol. The number of hydrogen-bond acceptors (Lipinski definition) is 5. The van der Waals surface area contributed by atoms with E-state index < -0.39 is 11.9 Å². The Bertz CT molecular complexity index is 753. The van der Waals surface area contributed by atoms with Crippen LogP contribution in [-0.4, -0.2) is 24.0 Å². The van der Waals surface area contributed by atoms with Gasteiger partial charge in [-0.25, -0.2) is 4.79 Å². The second kappa shape index (κ2) is 9.22. The molecule has 0 bridgehead atoms. The number of hydrogen-bond donors (Lipinski definition) is 2. The number of ether oxygens (including phenoxy) is 1. The molecule has 0 fully saturated rings. The standard InChI is InChI=1S/C21H29N3O3/c1-7-27-19(26)16-10-8-9-11-17(16)24-18(25)15(12-22)13-23-21(5,6)14-20(2,3)4/h8-11,13,23H,7,14H2,1-6H3,(H,24,25)/b15-13-. The van der Waals surface area contributed by atoms with Crippen molar-refractivity contribution in [2.24, 2.45) is 5.41 Å². The van der Waals surface area contributed by atoms with E-state index >= 15 is 0 Å². The molecule has 6 nitrogen and oxygen atoms in total. The number of amides is 1. The second-order valence-electron chi connectivity index (χ2n) is 8.16. The van der Waals surface area contributed by atoms with Crippen molar-refractivity contribution in [1.29, 1.82) is 5.26 Å². The average Bonchev–Trinajstić information content (AvgIpc) is 2.53. The number of anilines is 1. The molecule has 27 heavy (non-hydrogen) atoms. The van der Waals surface area contributed by atoms with Gasteiger partial charge in [-0.05, 0) is 44.7 Å². The van der Waals surface area contributed by atoms with Crippen LogP contribution in [0.5, 0.6) is 0 Å². The largest absolute Gasteiger partial charge is 0.462 e. The summed E-state index contributed by atoms with van der Waals surface area (Å²) < 4.78 is 4.99. The number of rotatable bonds is 7. The van der Waals surface area contributed by atoms with Crippen LogP contribution in [0.25, 0.3) is 0 Å². The van der Waals surface area contributed by atoms with Crippen molar-refractivity contribution in [2.75, 3.05) is 11.9 Å². The first-order valence-corrected chi connectivity index (χ1v) is 8.94. The van der Waals surface area contributed by atoms with Gasteiger partial charge in [-0.1, -0.05) is 32.9 Å². The molecule has 0 atom stereocenters. The molecule has 1 amide bonds. The molecule has 6 heteroatoms. The van der Waals surface area contributed by atoms with Gasteiger partial charge in [0.25, 0.3) is 5.91 Å². The number of para-hydroxylation sites is 1. The lowest BCUT2D eigenvalue weighted by atomic mass is 9.82. The number of nitrogens with one attached hydrogen (secondary N) is 2. The molecule has 0 saturated carbocycles. The van der Waals surface area contributed by atoms with E-state index in [0.717, 1.165) is 6.42 Å². The number of esters is 1. The van der Waals surface area contributed by atoms with E-state index in [1.807, 2.05) is 19.9 Å². The van der Waals surface area contributed by atoms with E-state index in [1.54, 1.807) is 31.2 Å². The smallest absolute Gasteiger partial charge is 0.340 e. The zero-order valence-electron chi connectivity index (χ0n) is 17.0. The lowest BCUT2D eigenvalue weighted by molar-refractivity contribution is -0.112. The molecule has 0 saturated heterocycles. The minimum Gasteiger partial charge on any atom is -0.462 e. The Morgan fingerprint density at radius 3 is 2.37 bits per heavy atom. The van der Waals surface area contributed by atoms with Crippen molar-refractivity contribution in [3.05, 3.63) is 41.6 Å². The normalized spacial score (nSPS) is 12.1. The highest BCUT2D eigenvalue weighted by Gasteiger charge is 2.25. The Morgan fingerprint density at radius 1 is 1.19 bits per heavy atom. The van der Waals surface area contributed by atoms with Crippen LogP contribution in [-0.2, 0) is 9.53 Å². The highest BCUT2D eigenvalue weighted by molar-refractivity contribution is 6.09.